The van der Waals surface area contributed by atoms with Crippen molar-refractivity contribution in [3.8, 4) is 11.5 Å². The van der Waals surface area contributed by atoms with Crippen molar-refractivity contribution in [1.82, 2.24) is 4.90 Å². The maximum absolute atomic E-state index is 13.9. The summed E-state index contributed by atoms with van der Waals surface area (Å²) in [4.78, 5) is 28.6. The minimum atomic E-state index is -0.761. The van der Waals surface area contributed by atoms with Gasteiger partial charge < -0.3 is 14.4 Å². The number of hydrogen-bond acceptors (Lipinski definition) is 4. The molecule has 28 heavy (non-hydrogen) atoms. The Morgan fingerprint density at radius 2 is 1.93 bits per heavy atom. The van der Waals surface area contributed by atoms with E-state index in [0.717, 1.165) is 55.5 Å². The van der Waals surface area contributed by atoms with Crippen LogP contribution in [0.1, 0.15) is 67.8 Å². The molecule has 1 unspecified atom stereocenters. The number of hydrogen-bond donors (Lipinski definition) is 0. The van der Waals surface area contributed by atoms with Crippen LogP contribution < -0.4 is 9.47 Å². The van der Waals surface area contributed by atoms with Crippen LogP contribution in [0.15, 0.2) is 35.6 Å². The third-order valence-electron chi connectivity index (χ3n) is 6.52. The molecule has 0 N–H and O–H groups in total. The molecule has 146 valence electrons. The van der Waals surface area contributed by atoms with Gasteiger partial charge in [-0.3, -0.25) is 9.59 Å². The van der Waals surface area contributed by atoms with Gasteiger partial charge in [0.05, 0.1) is 0 Å². The largest absolute Gasteiger partial charge is 0.454 e. The molecule has 1 spiro atoms. The molecule has 5 heteroatoms. The molecule has 2 heterocycles. The predicted octanol–water partition coefficient (Wildman–Crippen LogP) is 4.27. The first-order chi connectivity index (χ1) is 13.7. The van der Waals surface area contributed by atoms with Crippen molar-refractivity contribution < 1.29 is 19.1 Å². The fourth-order valence-corrected chi connectivity index (χ4v) is 5.14. The summed E-state index contributed by atoms with van der Waals surface area (Å²) in [5.74, 6) is 1.45. The molecule has 0 saturated carbocycles. The molecule has 0 radical (unpaired) electrons. The first-order valence-electron chi connectivity index (χ1n) is 10.4. The standard InChI is InChI=1S/C23H25NO4/c1-2-3-6-11-24-18-8-5-4-7-16(18)23(22(24)26)10-9-19(25)15-12-20-21(13-17(15)23)28-14-27-20/h4,7,12-13H,2-3,5-6,8-11,14H2,1H3. The van der Waals surface area contributed by atoms with Crippen LogP contribution in [0.5, 0.6) is 11.5 Å². The zero-order chi connectivity index (χ0) is 19.3. The molecule has 2 aliphatic carbocycles. The summed E-state index contributed by atoms with van der Waals surface area (Å²) >= 11 is 0. The van der Waals surface area contributed by atoms with Gasteiger partial charge in [-0.05, 0) is 49.0 Å². The zero-order valence-corrected chi connectivity index (χ0v) is 16.3. The molecule has 0 fully saturated rings. The summed E-state index contributed by atoms with van der Waals surface area (Å²) in [5.41, 5.74) is 2.90. The smallest absolute Gasteiger partial charge is 0.241 e. The maximum atomic E-state index is 13.9. The number of amides is 1. The quantitative estimate of drug-likeness (QED) is 0.733. The number of ketones is 1. The topological polar surface area (TPSA) is 55.8 Å². The highest BCUT2D eigenvalue weighted by molar-refractivity contribution is 6.07. The lowest BCUT2D eigenvalue weighted by atomic mass is 9.65. The first-order valence-corrected chi connectivity index (χ1v) is 10.4. The van der Waals surface area contributed by atoms with Gasteiger partial charge in [0.25, 0.3) is 0 Å². The molecule has 0 saturated heterocycles. The lowest BCUT2D eigenvalue weighted by molar-refractivity contribution is -0.132. The minimum Gasteiger partial charge on any atom is -0.454 e. The summed E-state index contributed by atoms with van der Waals surface area (Å²) in [6.07, 6.45) is 10.3. The molecule has 4 aliphatic rings. The lowest BCUT2D eigenvalue weighted by Gasteiger charge is -2.35. The number of carbonyl (C=O) groups is 2. The van der Waals surface area contributed by atoms with Crippen LogP contribution in [-0.4, -0.2) is 29.9 Å². The fourth-order valence-electron chi connectivity index (χ4n) is 5.14. The highest BCUT2D eigenvalue weighted by atomic mass is 16.7. The molecule has 0 aromatic heterocycles. The summed E-state index contributed by atoms with van der Waals surface area (Å²) < 4.78 is 11.1. The van der Waals surface area contributed by atoms with Gasteiger partial charge >= 0.3 is 0 Å². The van der Waals surface area contributed by atoms with E-state index in [1.807, 2.05) is 11.0 Å². The molecule has 1 aromatic carbocycles. The Kier molecular flexibility index (Phi) is 4.07. The number of carbonyl (C=O) groups excluding carboxylic acids is 2. The van der Waals surface area contributed by atoms with Crippen molar-refractivity contribution in [2.24, 2.45) is 0 Å². The van der Waals surface area contributed by atoms with Crippen molar-refractivity contribution in [2.45, 2.75) is 57.3 Å². The molecule has 5 nitrogen and oxygen atoms in total. The highest BCUT2D eigenvalue weighted by Crippen LogP contribution is 2.54. The first kappa shape index (κ1) is 17.5. The van der Waals surface area contributed by atoms with Crippen molar-refractivity contribution in [3.05, 3.63) is 46.7 Å². The second kappa shape index (κ2) is 6.50. The number of Topliss-reactive ketones (excluding diaryl/α,β-unsaturated/α-hetero) is 1. The predicted molar refractivity (Wildman–Crippen MR) is 104 cm³/mol. The number of nitrogens with zero attached hydrogens (tertiary/aromatic N) is 1. The second-order valence-electron chi connectivity index (χ2n) is 8.04. The Labute approximate surface area is 165 Å². The monoisotopic (exact) mass is 379 g/mol. The third kappa shape index (κ3) is 2.31. The van der Waals surface area contributed by atoms with Crippen molar-refractivity contribution in [2.75, 3.05) is 13.3 Å². The van der Waals surface area contributed by atoms with Crippen molar-refractivity contribution in [3.63, 3.8) is 0 Å². The Morgan fingerprint density at radius 1 is 1.11 bits per heavy atom. The Bertz CT molecular complexity index is 929. The van der Waals surface area contributed by atoms with E-state index in [1.54, 1.807) is 6.07 Å². The molecule has 1 aromatic rings. The minimum absolute atomic E-state index is 0.0816. The molecule has 0 bridgehead atoms. The lowest BCUT2D eigenvalue weighted by Crippen LogP contribution is -2.44. The van der Waals surface area contributed by atoms with E-state index in [4.69, 9.17) is 9.47 Å². The average Bonchev–Trinajstić information content (AvgIpc) is 3.26. The summed E-state index contributed by atoms with van der Waals surface area (Å²) in [7, 11) is 0. The van der Waals surface area contributed by atoms with E-state index in [0.29, 0.717) is 29.9 Å². The number of allylic oxidation sites excluding steroid dienone is 3. The number of unbranched alkanes of at least 4 members (excludes halogenated alkanes) is 2. The Hall–Kier alpha value is -2.56. The molecule has 5 rings (SSSR count). The van der Waals surface area contributed by atoms with Gasteiger partial charge in [-0.2, -0.15) is 0 Å². The molecule has 1 amide bonds. The number of ether oxygens (including phenoxy) is 2. The maximum Gasteiger partial charge on any atom is 0.241 e. The van der Waals surface area contributed by atoms with Crippen LogP contribution >= 0.6 is 0 Å². The summed E-state index contributed by atoms with van der Waals surface area (Å²) in [5, 5.41) is 0. The van der Waals surface area contributed by atoms with Gasteiger partial charge in [-0.25, -0.2) is 0 Å². The van der Waals surface area contributed by atoms with Crippen LogP contribution in [0, 0.1) is 0 Å². The van der Waals surface area contributed by atoms with Crippen LogP contribution in [0.25, 0.3) is 0 Å². The van der Waals surface area contributed by atoms with Gasteiger partial charge in [0.15, 0.2) is 17.3 Å². The third-order valence-corrected chi connectivity index (χ3v) is 6.52. The van der Waals surface area contributed by atoms with E-state index >= 15 is 0 Å². The Balaban J connectivity index is 1.66. The van der Waals surface area contributed by atoms with E-state index in [-0.39, 0.29) is 18.5 Å². The van der Waals surface area contributed by atoms with Crippen molar-refractivity contribution >= 4 is 11.7 Å². The van der Waals surface area contributed by atoms with Crippen LogP contribution in [0.4, 0.5) is 0 Å². The normalized spacial score (nSPS) is 25.0. The average molecular weight is 379 g/mol. The highest BCUT2D eigenvalue weighted by Gasteiger charge is 2.56. The van der Waals surface area contributed by atoms with E-state index in [1.165, 1.54) is 0 Å². The van der Waals surface area contributed by atoms with Crippen molar-refractivity contribution in [1.29, 1.82) is 0 Å². The van der Waals surface area contributed by atoms with Gasteiger partial charge in [-0.15, -0.1) is 0 Å². The van der Waals surface area contributed by atoms with Crippen LogP contribution in [-0.2, 0) is 10.2 Å². The van der Waals surface area contributed by atoms with E-state index in [9.17, 15) is 9.59 Å². The van der Waals surface area contributed by atoms with Gasteiger partial charge in [0.1, 0.15) is 5.41 Å². The second-order valence-corrected chi connectivity index (χ2v) is 8.04. The number of benzene rings is 1. The van der Waals surface area contributed by atoms with E-state index in [2.05, 4.69) is 19.1 Å². The molecular weight excluding hydrogens is 354 g/mol. The number of fused-ring (bicyclic) bond motifs is 4. The fraction of sp³-hybridized carbons (Fsp3) is 0.478. The Morgan fingerprint density at radius 3 is 2.75 bits per heavy atom. The molecule has 2 aliphatic heterocycles. The summed E-state index contributed by atoms with van der Waals surface area (Å²) in [6, 6.07) is 3.66. The molecule has 1 atom stereocenters. The van der Waals surface area contributed by atoms with Crippen LogP contribution in [0.2, 0.25) is 0 Å². The SMILES string of the molecule is CCCCCN1C(=O)C2(CCC(=O)c3cc4c(cc32)OCO4)C2=C1CCC=C2. The zero-order valence-electron chi connectivity index (χ0n) is 16.3. The number of rotatable bonds is 4. The summed E-state index contributed by atoms with van der Waals surface area (Å²) in [6.45, 7) is 3.09. The van der Waals surface area contributed by atoms with Gasteiger partial charge in [-0.1, -0.05) is 31.9 Å². The van der Waals surface area contributed by atoms with Gasteiger partial charge in [0.2, 0.25) is 12.7 Å². The molecular formula is C23H25NO4. The van der Waals surface area contributed by atoms with E-state index < -0.39 is 5.41 Å². The van der Waals surface area contributed by atoms with Crippen LogP contribution in [0.3, 0.4) is 0 Å². The van der Waals surface area contributed by atoms with Gasteiger partial charge in [0, 0.05) is 24.2 Å².